The monoisotopic (exact) mass is 529 g/mol. The highest BCUT2D eigenvalue weighted by molar-refractivity contribution is 5.94. The summed E-state index contributed by atoms with van der Waals surface area (Å²) in [6, 6.07) is 25.8. The van der Waals surface area contributed by atoms with E-state index in [2.05, 4.69) is 27.1 Å². The molecule has 6 rings (SSSR count). The maximum Gasteiger partial charge on any atom is 0.253 e. The molecular formula is C32H31N7O. The SMILES string of the molecule is CCc1cnc(N2CCN(C(=O)c3ccc(CNc4nc(-c5ccccc5)nc5ccccc45)cc3)CC2)nc1. The average Bonchev–Trinajstić information content (AvgIpc) is 3.04. The first-order valence-corrected chi connectivity index (χ1v) is 13.7. The van der Waals surface area contributed by atoms with E-state index in [4.69, 9.17) is 9.97 Å². The fraction of sp³-hybridized carbons (Fsp3) is 0.219. The van der Waals surface area contributed by atoms with Gasteiger partial charge in [0.2, 0.25) is 5.95 Å². The molecule has 1 amide bonds. The number of para-hydroxylation sites is 1. The van der Waals surface area contributed by atoms with Gasteiger partial charge in [0.25, 0.3) is 5.91 Å². The Hall–Kier alpha value is -4.85. The predicted molar refractivity (Wildman–Crippen MR) is 158 cm³/mol. The van der Waals surface area contributed by atoms with Crippen LogP contribution in [0, 0.1) is 0 Å². The van der Waals surface area contributed by atoms with E-state index in [0.29, 0.717) is 31.0 Å². The summed E-state index contributed by atoms with van der Waals surface area (Å²) >= 11 is 0. The van der Waals surface area contributed by atoms with Crippen molar-refractivity contribution in [2.24, 2.45) is 0 Å². The number of rotatable bonds is 7. The summed E-state index contributed by atoms with van der Waals surface area (Å²) < 4.78 is 0. The number of benzene rings is 3. The van der Waals surface area contributed by atoms with E-state index in [9.17, 15) is 4.79 Å². The molecule has 0 aliphatic carbocycles. The first-order chi connectivity index (χ1) is 19.7. The molecule has 1 N–H and O–H groups in total. The number of anilines is 2. The Morgan fingerprint density at radius 3 is 2.23 bits per heavy atom. The van der Waals surface area contributed by atoms with Gasteiger partial charge in [-0.3, -0.25) is 4.79 Å². The lowest BCUT2D eigenvalue weighted by molar-refractivity contribution is 0.0746. The van der Waals surface area contributed by atoms with E-state index >= 15 is 0 Å². The molecule has 5 aromatic rings. The zero-order valence-corrected chi connectivity index (χ0v) is 22.5. The van der Waals surface area contributed by atoms with E-state index in [-0.39, 0.29) is 5.91 Å². The fourth-order valence-electron chi connectivity index (χ4n) is 4.86. The Labute approximate surface area is 233 Å². The lowest BCUT2D eigenvalue weighted by Gasteiger charge is -2.34. The molecule has 40 heavy (non-hydrogen) atoms. The molecule has 1 aliphatic heterocycles. The predicted octanol–water partition coefficient (Wildman–Crippen LogP) is 5.22. The van der Waals surface area contributed by atoms with Crippen LogP contribution in [0.1, 0.15) is 28.4 Å². The third-order valence-electron chi connectivity index (χ3n) is 7.25. The van der Waals surface area contributed by atoms with Gasteiger partial charge >= 0.3 is 0 Å². The van der Waals surface area contributed by atoms with Crippen LogP contribution in [0.4, 0.5) is 11.8 Å². The van der Waals surface area contributed by atoms with Crippen molar-refractivity contribution >= 4 is 28.6 Å². The number of amides is 1. The quantitative estimate of drug-likeness (QED) is 0.309. The van der Waals surface area contributed by atoms with Crippen molar-refractivity contribution in [3.63, 3.8) is 0 Å². The van der Waals surface area contributed by atoms with E-state index in [1.165, 1.54) is 0 Å². The van der Waals surface area contributed by atoms with Gasteiger partial charge in [-0.25, -0.2) is 19.9 Å². The molecule has 1 saturated heterocycles. The molecular weight excluding hydrogens is 498 g/mol. The minimum atomic E-state index is 0.0516. The van der Waals surface area contributed by atoms with Crippen molar-refractivity contribution in [3.05, 3.63) is 108 Å². The van der Waals surface area contributed by atoms with Crippen molar-refractivity contribution in [3.8, 4) is 11.4 Å². The largest absolute Gasteiger partial charge is 0.365 e. The van der Waals surface area contributed by atoms with Crippen molar-refractivity contribution in [2.45, 2.75) is 19.9 Å². The van der Waals surface area contributed by atoms with E-state index in [1.807, 2.05) is 96.2 Å². The number of carbonyl (C=O) groups excluding carboxylic acids is 1. The standard InChI is InChI=1S/C32H31N7O/c1-2-23-20-34-32(35-21-23)39-18-16-38(17-19-39)31(40)26-14-12-24(13-15-26)22-33-30-27-10-6-7-11-28(27)36-29(37-30)25-8-4-3-5-9-25/h3-15,20-21H,2,16-19,22H2,1H3,(H,33,36,37). The number of hydrogen-bond donors (Lipinski definition) is 1. The molecule has 0 saturated carbocycles. The lowest BCUT2D eigenvalue weighted by Crippen LogP contribution is -2.49. The van der Waals surface area contributed by atoms with Crippen molar-refractivity contribution in [1.82, 2.24) is 24.8 Å². The van der Waals surface area contributed by atoms with Gasteiger partial charge in [-0.15, -0.1) is 0 Å². The molecule has 1 aliphatic rings. The first kappa shape index (κ1) is 25.4. The Kier molecular flexibility index (Phi) is 7.30. The fourth-order valence-corrected chi connectivity index (χ4v) is 4.86. The zero-order valence-electron chi connectivity index (χ0n) is 22.5. The van der Waals surface area contributed by atoms with E-state index < -0.39 is 0 Å². The molecule has 0 bridgehead atoms. The summed E-state index contributed by atoms with van der Waals surface area (Å²) in [7, 11) is 0. The van der Waals surface area contributed by atoms with Crippen LogP contribution in [0.25, 0.3) is 22.3 Å². The zero-order chi connectivity index (χ0) is 27.3. The molecule has 0 spiro atoms. The maximum atomic E-state index is 13.2. The Balaban J connectivity index is 1.10. The van der Waals surface area contributed by atoms with Crippen LogP contribution in [0.3, 0.4) is 0 Å². The topological polar surface area (TPSA) is 87.1 Å². The summed E-state index contributed by atoms with van der Waals surface area (Å²) in [5, 5.41) is 4.46. The normalized spacial score (nSPS) is 13.4. The number of aryl methyl sites for hydroxylation is 1. The molecule has 1 fully saturated rings. The van der Waals surface area contributed by atoms with Crippen LogP contribution in [0.5, 0.6) is 0 Å². The van der Waals surface area contributed by atoms with Crippen molar-refractivity contribution < 1.29 is 4.79 Å². The summed E-state index contributed by atoms with van der Waals surface area (Å²) in [6.45, 7) is 5.40. The van der Waals surface area contributed by atoms with Gasteiger partial charge in [-0.1, -0.05) is 61.5 Å². The number of hydrogen-bond acceptors (Lipinski definition) is 7. The number of nitrogens with zero attached hydrogens (tertiary/aromatic N) is 6. The summed E-state index contributed by atoms with van der Waals surface area (Å²) in [6.07, 6.45) is 4.68. The third-order valence-corrected chi connectivity index (χ3v) is 7.25. The molecule has 3 aromatic carbocycles. The summed E-state index contributed by atoms with van der Waals surface area (Å²) in [5.74, 6) is 2.26. The van der Waals surface area contributed by atoms with Gasteiger partial charge in [0, 0.05) is 61.6 Å². The second kappa shape index (κ2) is 11.5. The van der Waals surface area contributed by atoms with Crippen LogP contribution < -0.4 is 10.2 Å². The van der Waals surface area contributed by atoms with Crippen LogP contribution in [0.15, 0.2) is 91.3 Å². The van der Waals surface area contributed by atoms with Crippen molar-refractivity contribution in [2.75, 3.05) is 36.4 Å². The second-order valence-electron chi connectivity index (χ2n) is 9.85. The number of piperazine rings is 1. The van der Waals surface area contributed by atoms with Crippen LogP contribution in [-0.2, 0) is 13.0 Å². The maximum absolute atomic E-state index is 13.2. The molecule has 0 atom stereocenters. The van der Waals surface area contributed by atoms with Crippen molar-refractivity contribution in [1.29, 1.82) is 0 Å². The summed E-state index contributed by atoms with van der Waals surface area (Å²) in [5.41, 5.74) is 4.75. The number of carbonyl (C=O) groups is 1. The average molecular weight is 530 g/mol. The number of fused-ring (bicyclic) bond motifs is 1. The second-order valence-corrected chi connectivity index (χ2v) is 9.85. The van der Waals surface area contributed by atoms with E-state index in [1.54, 1.807) is 0 Å². The van der Waals surface area contributed by atoms with Gasteiger partial charge in [0.1, 0.15) is 5.82 Å². The molecule has 200 valence electrons. The highest BCUT2D eigenvalue weighted by Crippen LogP contribution is 2.25. The van der Waals surface area contributed by atoms with Gasteiger partial charge < -0.3 is 15.1 Å². The molecule has 8 nitrogen and oxygen atoms in total. The highest BCUT2D eigenvalue weighted by Gasteiger charge is 2.23. The smallest absolute Gasteiger partial charge is 0.253 e. The Morgan fingerprint density at radius 2 is 1.50 bits per heavy atom. The van der Waals surface area contributed by atoms with Gasteiger partial charge in [0.05, 0.1) is 5.52 Å². The third kappa shape index (κ3) is 5.47. The minimum absolute atomic E-state index is 0.0516. The van der Waals surface area contributed by atoms with Gasteiger partial charge in [-0.05, 0) is 41.8 Å². The lowest BCUT2D eigenvalue weighted by atomic mass is 10.1. The van der Waals surface area contributed by atoms with E-state index in [0.717, 1.165) is 58.9 Å². The number of nitrogens with one attached hydrogen (secondary N) is 1. The first-order valence-electron chi connectivity index (χ1n) is 13.7. The molecule has 2 aromatic heterocycles. The molecule has 8 heteroatoms. The molecule has 3 heterocycles. The molecule has 0 unspecified atom stereocenters. The highest BCUT2D eigenvalue weighted by atomic mass is 16.2. The van der Waals surface area contributed by atoms with Crippen LogP contribution >= 0.6 is 0 Å². The van der Waals surface area contributed by atoms with Crippen LogP contribution in [0.2, 0.25) is 0 Å². The summed E-state index contributed by atoms with van der Waals surface area (Å²) in [4.78, 5) is 35.8. The van der Waals surface area contributed by atoms with Gasteiger partial charge in [-0.2, -0.15) is 0 Å². The Morgan fingerprint density at radius 1 is 0.800 bits per heavy atom. The minimum Gasteiger partial charge on any atom is -0.365 e. The number of aromatic nitrogens is 4. The molecule has 0 radical (unpaired) electrons. The van der Waals surface area contributed by atoms with Gasteiger partial charge in [0.15, 0.2) is 5.82 Å². The van der Waals surface area contributed by atoms with Crippen LogP contribution in [-0.4, -0.2) is 56.9 Å². The Bertz CT molecular complexity index is 1600.